The highest BCUT2D eigenvalue weighted by Gasteiger charge is 2.18. The largest absolute Gasteiger partial charge is 0.348 e. The van der Waals surface area contributed by atoms with E-state index in [1.165, 1.54) is 24.5 Å². The van der Waals surface area contributed by atoms with E-state index in [1.54, 1.807) is 19.1 Å². The average Bonchev–Trinajstić information content (AvgIpc) is 3.13. The van der Waals surface area contributed by atoms with Crippen LogP contribution in [0.1, 0.15) is 39.9 Å². The molecular weight excluding hydrogens is 330 g/mol. The maximum atomic E-state index is 12.5. The third-order valence-corrected chi connectivity index (χ3v) is 4.90. The molecule has 0 radical (unpaired) electrons. The molecule has 136 valence electrons. The van der Waals surface area contributed by atoms with Crippen molar-refractivity contribution in [1.82, 2.24) is 10.2 Å². The van der Waals surface area contributed by atoms with Crippen molar-refractivity contribution in [3.8, 4) is 0 Å². The van der Waals surface area contributed by atoms with Crippen LogP contribution in [0.5, 0.6) is 0 Å². The van der Waals surface area contributed by atoms with Crippen LogP contribution in [0, 0.1) is 17.0 Å². The second-order valence-electron chi connectivity index (χ2n) is 6.64. The lowest BCUT2D eigenvalue weighted by molar-refractivity contribution is -0.385. The first-order chi connectivity index (χ1) is 12.6. The zero-order chi connectivity index (χ0) is 18.5. The van der Waals surface area contributed by atoms with Gasteiger partial charge in [0, 0.05) is 30.3 Å². The molecule has 0 aromatic heterocycles. The number of carbonyl (C=O) groups excluding carboxylic acids is 1. The molecule has 3 rings (SSSR count). The van der Waals surface area contributed by atoms with Gasteiger partial charge in [-0.25, -0.2) is 0 Å². The van der Waals surface area contributed by atoms with Gasteiger partial charge in [-0.2, -0.15) is 0 Å². The van der Waals surface area contributed by atoms with Crippen LogP contribution in [0.15, 0.2) is 42.5 Å². The van der Waals surface area contributed by atoms with Crippen molar-refractivity contribution in [2.24, 2.45) is 0 Å². The van der Waals surface area contributed by atoms with E-state index in [-0.39, 0.29) is 11.6 Å². The summed E-state index contributed by atoms with van der Waals surface area (Å²) < 4.78 is 0. The first-order valence-corrected chi connectivity index (χ1v) is 8.87. The third-order valence-electron chi connectivity index (χ3n) is 4.90. The fraction of sp³-hybridized carbons (Fsp3) is 0.350. The van der Waals surface area contributed by atoms with Crippen LogP contribution in [-0.4, -0.2) is 28.8 Å². The maximum absolute atomic E-state index is 12.5. The van der Waals surface area contributed by atoms with Gasteiger partial charge in [-0.1, -0.05) is 30.3 Å². The fourth-order valence-electron chi connectivity index (χ4n) is 3.40. The van der Waals surface area contributed by atoms with Crippen LogP contribution in [0.2, 0.25) is 0 Å². The Bertz CT molecular complexity index is 814. The SMILES string of the molecule is Cc1c(C(=O)NCc2ccccc2CN2CCCC2)cccc1[N+](=O)[O-]. The van der Waals surface area contributed by atoms with Gasteiger partial charge in [-0.05, 0) is 50.0 Å². The zero-order valence-corrected chi connectivity index (χ0v) is 14.9. The van der Waals surface area contributed by atoms with Crippen LogP contribution < -0.4 is 5.32 Å². The number of nitrogens with one attached hydrogen (secondary N) is 1. The molecule has 2 aromatic carbocycles. The van der Waals surface area contributed by atoms with Gasteiger partial charge < -0.3 is 5.32 Å². The van der Waals surface area contributed by atoms with E-state index >= 15 is 0 Å². The highest BCUT2D eigenvalue weighted by atomic mass is 16.6. The minimum absolute atomic E-state index is 0.0351. The molecule has 0 unspecified atom stereocenters. The summed E-state index contributed by atoms with van der Waals surface area (Å²) in [5.74, 6) is -0.290. The topological polar surface area (TPSA) is 75.5 Å². The van der Waals surface area contributed by atoms with Crippen molar-refractivity contribution >= 4 is 11.6 Å². The molecule has 1 amide bonds. The molecule has 6 heteroatoms. The Morgan fingerprint density at radius 2 is 1.81 bits per heavy atom. The van der Waals surface area contributed by atoms with Crippen molar-refractivity contribution < 1.29 is 9.72 Å². The van der Waals surface area contributed by atoms with Gasteiger partial charge in [0.15, 0.2) is 0 Å². The van der Waals surface area contributed by atoms with Crippen molar-refractivity contribution in [3.05, 3.63) is 74.8 Å². The predicted molar refractivity (Wildman–Crippen MR) is 100.0 cm³/mol. The maximum Gasteiger partial charge on any atom is 0.273 e. The Kier molecular flexibility index (Phi) is 5.63. The number of benzene rings is 2. The molecule has 6 nitrogen and oxygen atoms in total. The van der Waals surface area contributed by atoms with E-state index in [0.717, 1.165) is 25.2 Å². The van der Waals surface area contributed by atoms with E-state index in [9.17, 15) is 14.9 Å². The summed E-state index contributed by atoms with van der Waals surface area (Å²) in [4.78, 5) is 25.5. The molecule has 1 N–H and O–H groups in total. The number of hydrogen-bond donors (Lipinski definition) is 1. The van der Waals surface area contributed by atoms with Gasteiger partial charge in [0.05, 0.1) is 4.92 Å². The summed E-state index contributed by atoms with van der Waals surface area (Å²) in [6.07, 6.45) is 2.48. The Morgan fingerprint density at radius 3 is 2.50 bits per heavy atom. The number of nitrogens with zero attached hydrogens (tertiary/aromatic N) is 2. The summed E-state index contributed by atoms with van der Waals surface area (Å²) in [5, 5.41) is 14.0. The Balaban J connectivity index is 1.70. The minimum atomic E-state index is -0.461. The van der Waals surface area contributed by atoms with Gasteiger partial charge in [0.1, 0.15) is 0 Å². The second kappa shape index (κ2) is 8.10. The molecule has 0 atom stereocenters. The summed E-state index contributed by atoms with van der Waals surface area (Å²) in [6, 6.07) is 12.7. The molecule has 1 aliphatic rings. The molecule has 1 saturated heterocycles. The summed E-state index contributed by atoms with van der Waals surface area (Å²) >= 11 is 0. The number of hydrogen-bond acceptors (Lipinski definition) is 4. The molecule has 1 heterocycles. The number of nitro groups is 1. The van der Waals surface area contributed by atoms with E-state index in [2.05, 4.69) is 16.3 Å². The zero-order valence-electron chi connectivity index (χ0n) is 14.9. The monoisotopic (exact) mass is 353 g/mol. The van der Waals surface area contributed by atoms with Crippen LogP contribution in [0.4, 0.5) is 5.69 Å². The van der Waals surface area contributed by atoms with Gasteiger partial charge in [-0.15, -0.1) is 0 Å². The van der Waals surface area contributed by atoms with Crippen LogP contribution in [0.3, 0.4) is 0 Å². The molecular formula is C20H23N3O3. The first-order valence-electron chi connectivity index (χ1n) is 8.87. The predicted octanol–water partition coefficient (Wildman–Crippen LogP) is 3.43. The average molecular weight is 353 g/mol. The minimum Gasteiger partial charge on any atom is -0.348 e. The third kappa shape index (κ3) is 4.08. The van der Waals surface area contributed by atoms with E-state index in [0.29, 0.717) is 17.7 Å². The summed E-state index contributed by atoms with van der Waals surface area (Å²) in [6.45, 7) is 5.14. The van der Waals surface area contributed by atoms with Crippen molar-refractivity contribution in [3.63, 3.8) is 0 Å². The number of nitro benzene ring substituents is 1. The lowest BCUT2D eigenvalue weighted by atomic mass is 10.0. The molecule has 0 saturated carbocycles. The van der Waals surface area contributed by atoms with Crippen LogP contribution >= 0.6 is 0 Å². The Morgan fingerprint density at radius 1 is 1.12 bits per heavy atom. The van der Waals surface area contributed by atoms with Crippen LogP contribution in [-0.2, 0) is 13.1 Å². The summed E-state index contributed by atoms with van der Waals surface area (Å²) in [7, 11) is 0. The highest BCUT2D eigenvalue weighted by Crippen LogP contribution is 2.21. The van der Waals surface area contributed by atoms with Crippen molar-refractivity contribution in [2.45, 2.75) is 32.9 Å². The molecule has 0 bridgehead atoms. The summed E-state index contributed by atoms with van der Waals surface area (Å²) in [5.41, 5.74) is 2.99. The quantitative estimate of drug-likeness (QED) is 0.638. The number of likely N-dealkylation sites (tertiary alicyclic amines) is 1. The smallest absolute Gasteiger partial charge is 0.273 e. The van der Waals surface area contributed by atoms with E-state index < -0.39 is 4.92 Å². The fourth-order valence-corrected chi connectivity index (χ4v) is 3.40. The molecule has 2 aromatic rings. The van der Waals surface area contributed by atoms with Gasteiger partial charge in [-0.3, -0.25) is 19.8 Å². The molecule has 1 aliphatic heterocycles. The van der Waals surface area contributed by atoms with Crippen molar-refractivity contribution in [1.29, 1.82) is 0 Å². The molecule has 0 spiro atoms. The number of carbonyl (C=O) groups is 1. The molecule has 1 fully saturated rings. The normalized spacial score (nSPS) is 14.3. The van der Waals surface area contributed by atoms with Crippen molar-refractivity contribution in [2.75, 3.05) is 13.1 Å². The standard InChI is InChI=1S/C20H23N3O3/c1-15-18(9-6-10-19(15)23(25)26)20(24)21-13-16-7-2-3-8-17(16)14-22-11-4-5-12-22/h2-3,6-10H,4-5,11-14H2,1H3,(H,21,24). The lowest BCUT2D eigenvalue weighted by Gasteiger charge is -2.18. The second-order valence-corrected chi connectivity index (χ2v) is 6.64. The first kappa shape index (κ1) is 18.1. The molecule has 26 heavy (non-hydrogen) atoms. The van der Waals surface area contributed by atoms with Crippen LogP contribution in [0.25, 0.3) is 0 Å². The number of amides is 1. The Hall–Kier alpha value is -2.73. The molecule has 0 aliphatic carbocycles. The number of rotatable bonds is 6. The van der Waals surface area contributed by atoms with Gasteiger partial charge in [0.25, 0.3) is 11.6 Å². The van der Waals surface area contributed by atoms with Gasteiger partial charge >= 0.3 is 0 Å². The lowest BCUT2D eigenvalue weighted by Crippen LogP contribution is -2.25. The van der Waals surface area contributed by atoms with E-state index in [1.807, 2.05) is 18.2 Å². The van der Waals surface area contributed by atoms with E-state index in [4.69, 9.17) is 0 Å². The van der Waals surface area contributed by atoms with Gasteiger partial charge in [0.2, 0.25) is 0 Å². The Labute approximate surface area is 153 Å². The highest BCUT2D eigenvalue weighted by molar-refractivity contribution is 5.96.